The summed E-state index contributed by atoms with van der Waals surface area (Å²) in [5, 5.41) is 0. The van der Waals surface area contributed by atoms with Gasteiger partial charge in [-0.3, -0.25) is 0 Å². The Morgan fingerprint density at radius 2 is 2.00 bits per heavy atom. The number of nitrogens with two attached hydrogens (primary N) is 1. The quantitative estimate of drug-likeness (QED) is 0.667. The van der Waals surface area contributed by atoms with E-state index in [9.17, 15) is 17.2 Å². The van der Waals surface area contributed by atoms with Crippen LogP contribution in [0.3, 0.4) is 0 Å². The molecule has 0 saturated heterocycles. The van der Waals surface area contributed by atoms with E-state index < -0.39 is 26.6 Å². The smallest absolute Gasteiger partial charge is 0.246 e. The first-order chi connectivity index (χ1) is 8.82. The fraction of sp³-hybridized carbons (Fsp3) is 0.333. The van der Waals surface area contributed by atoms with Gasteiger partial charge in [0.15, 0.2) is 11.6 Å². The zero-order chi connectivity index (χ0) is 14.2. The average molecular weight is 288 g/mol. The molecule has 0 fully saturated rings. The molecule has 1 aliphatic heterocycles. The predicted molar refractivity (Wildman–Crippen MR) is 67.9 cm³/mol. The molecule has 7 heteroatoms. The highest BCUT2D eigenvalue weighted by atomic mass is 32.2. The summed E-state index contributed by atoms with van der Waals surface area (Å²) in [5.74, 6) is -2.65. The Kier molecular flexibility index (Phi) is 3.60. The van der Waals surface area contributed by atoms with Gasteiger partial charge in [0.2, 0.25) is 10.0 Å². The number of hydrogen-bond donors (Lipinski definition) is 1. The molecule has 1 aromatic rings. The number of nitrogen functional groups attached to an aromatic ring is 1. The maximum atomic E-state index is 13.7. The summed E-state index contributed by atoms with van der Waals surface area (Å²) >= 11 is 0. The maximum Gasteiger partial charge on any atom is 0.246 e. The molecule has 0 bridgehead atoms. The monoisotopic (exact) mass is 288 g/mol. The van der Waals surface area contributed by atoms with Crippen molar-refractivity contribution in [3.8, 4) is 0 Å². The molecule has 0 saturated carbocycles. The normalized spacial score (nSPS) is 17.3. The molecule has 0 unspecified atom stereocenters. The van der Waals surface area contributed by atoms with Crippen molar-refractivity contribution in [1.82, 2.24) is 4.31 Å². The van der Waals surface area contributed by atoms with Gasteiger partial charge >= 0.3 is 0 Å². The third-order valence-electron chi connectivity index (χ3n) is 3.03. The molecule has 4 nitrogen and oxygen atoms in total. The van der Waals surface area contributed by atoms with Crippen molar-refractivity contribution >= 4 is 15.7 Å². The van der Waals surface area contributed by atoms with Gasteiger partial charge in [0.25, 0.3) is 0 Å². The summed E-state index contributed by atoms with van der Waals surface area (Å²) in [5.41, 5.74) is 6.33. The lowest BCUT2D eigenvalue weighted by Crippen LogP contribution is -2.35. The van der Waals surface area contributed by atoms with Gasteiger partial charge in [-0.05, 0) is 25.5 Å². The van der Waals surface area contributed by atoms with Crippen LogP contribution in [0, 0.1) is 11.6 Å². The zero-order valence-corrected chi connectivity index (χ0v) is 11.2. The van der Waals surface area contributed by atoms with Crippen LogP contribution in [0.1, 0.15) is 13.3 Å². The van der Waals surface area contributed by atoms with Crippen LogP contribution in [0.25, 0.3) is 0 Å². The first-order valence-electron chi connectivity index (χ1n) is 5.72. The van der Waals surface area contributed by atoms with Crippen molar-refractivity contribution in [2.75, 3.05) is 18.8 Å². The van der Waals surface area contributed by atoms with Gasteiger partial charge in [-0.15, -0.1) is 0 Å². The van der Waals surface area contributed by atoms with Gasteiger partial charge < -0.3 is 5.73 Å². The second-order valence-corrected chi connectivity index (χ2v) is 6.38. The lowest BCUT2D eigenvalue weighted by atomic mass is 10.1. The Labute approximate surface area is 110 Å². The molecule has 0 amide bonds. The molecule has 1 aliphatic rings. The summed E-state index contributed by atoms with van der Waals surface area (Å²) in [6.07, 6.45) is 2.33. The second-order valence-electron chi connectivity index (χ2n) is 4.48. The van der Waals surface area contributed by atoms with E-state index in [1.54, 1.807) is 6.08 Å². The minimum absolute atomic E-state index is 0.124. The molecule has 1 heterocycles. The van der Waals surface area contributed by atoms with Crippen LogP contribution in [-0.2, 0) is 10.0 Å². The Bertz CT molecular complexity index is 641. The van der Waals surface area contributed by atoms with Crippen LogP contribution in [0.5, 0.6) is 0 Å². The van der Waals surface area contributed by atoms with Crippen LogP contribution in [0.2, 0.25) is 0 Å². The molecule has 0 radical (unpaired) electrons. The van der Waals surface area contributed by atoms with Gasteiger partial charge in [-0.1, -0.05) is 11.6 Å². The number of halogens is 2. The minimum atomic E-state index is -4.07. The topological polar surface area (TPSA) is 63.4 Å². The van der Waals surface area contributed by atoms with Crippen LogP contribution < -0.4 is 5.73 Å². The van der Waals surface area contributed by atoms with Gasteiger partial charge in [-0.25, -0.2) is 17.2 Å². The molecule has 0 atom stereocenters. The van der Waals surface area contributed by atoms with Crippen LogP contribution in [-0.4, -0.2) is 25.8 Å². The molecule has 0 aliphatic carbocycles. The summed E-state index contributed by atoms with van der Waals surface area (Å²) in [6, 6.07) is 1.70. The van der Waals surface area contributed by atoms with E-state index in [1.165, 1.54) is 0 Å². The van der Waals surface area contributed by atoms with Crippen LogP contribution in [0.15, 0.2) is 28.7 Å². The van der Waals surface area contributed by atoms with Crippen molar-refractivity contribution in [1.29, 1.82) is 0 Å². The Morgan fingerprint density at radius 3 is 2.58 bits per heavy atom. The van der Waals surface area contributed by atoms with E-state index in [-0.39, 0.29) is 18.8 Å². The summed E-state index contributed by atoms with van der Waals surface area (Å²) in [7, 11) is -4.07. The van der Waals surface area contributed by atoms with Gasteiger partial charge in [0, 0.05) is 18.8 Å². The van der Waals surface area contributed by atoms with Crippen molar-refractivity contribution in [2.45, 2.75) is 18.2 Å². The average Bonchev–Trinajstić information content (AvgIpc) is 2.34. The highest BCUT2D eigenvalue weighted by Gasteiger charge is 2.30. The SMILES string of the molecule is CC1=CCN(S(=O)(=O)c2cc(N)cc(F)c2F)CC1. The van der Waals surface area contributed by atoms with E-state index in [0.717, 1.165) is 22.0 Å². The Hall–Kier alpha value is -1.47. The molecule has 104 valence electrons. The fourth-order valence-electron chi connectivity index (χ4n) is 1.88. The van der Waals surface area contributed by atoms with Crippen molar-refractivity contribution in [3.05, 3.63) is 35.4 Å². The molecular weight excluding hydrogens is 274 g/mol. The highest BCUT2D eigenvalue weighted by molar-refractivity contribution is 7.89. The molecule has 0 aromatic heterocycles. The number of nitrogens with zero attached hydrogens (tertiary/aromatic N) is 1. The number of hydrogen-bond acceptors (Lipinski definition) is 3. The molecule has 2 N–H and O–H groups in total. The number of anilines is 1. The fourth-order valence-corrected chi connectivity index (χ4v) is 3.37. The van der Waals surface area contributed by atoms with E-state index >= 15 is 0 Å². The summed E-state index contributed by atoms with van der Waals surface area (Å²) in [6.45, 7) is 2.30. The van der Waals surface area contributed by atoms with Crippen LogP contribution >= 0.6 is 0 Å². The first kappa shape index (κ1) is 14.0. The van der Waals surface area contributed by atoms with E-state index in [4.69, 9.17) is 5.73 Å². The first-order valence-corrected chi connectivity index (χ1v) is 7.16. The predicted octanol–water partition coefficient (Wildman–Crippen LogP) is 1.89. The molecule has 0 spiro atoms. The van der Waals surface area contributed by atoms with Gasteiger partial charge in [0.05, 0.1) is 0 Å². The van der Waals surface area contributed by atoms with E-state index in [2.05, 4.69) is 0 Å². The standard InChI is InChI=1S/C12H14F2N2O2S/c1-8-2-4-16(5-3-8)19(17,18)11-7-9(15)6-10(13)12(11)14/h2,6-7H,3-5,15H2,1H3. The highest BCUT2D eigenvalue weighted by Crippen LogP contribution is 2.26. The largest absolute Gasteiger partial charge is 0.399 e. The van der Waals surface area contributed by atoms with Crippen molar-refractivity contribution in [2.24, 2.45) is 0 Å². The Morgan fingerprint density at radius 1 is 1.32 bits per heavy atom. The zero-order valence-electron chi connectivity index (χ0n) is 10.4. The number of benzene rings is 1. The van der Waals surface area contributed by atoms with E-state index in [1.807, 2.05) is 6.92 Å². The lowest BCUT2D eigenvalue weighted by Gasteiger charge is -2.25. The summed E-state index contributed by atoms with van der Waals surface area (Å²) in [4.78, 5) is -0.710. The minimum Gasteiger partial charge on any atom is -0.399 e. The molecule has 2 rings (SSSR count). The third-order valence-corrected chi connectivity index (χ3v) is 4.90. The third kappa shape index (κ3) is 2.62. The van der Waals surface area contributed by atoms with Gasteiger partial charge in [0.1, 0.15) is 4.90 Å². The second kappa shape index (κ2) is 4.90. The molecule has 1 aromatic carbocycles. The number of sulfonamides is 1. The molecule has 19 heavy (non-hydrogen) atoms. The number of rotatable bonds is 2. The maximum absolute atomic E-state index is 13.7. The molecular formula is C12H14F2N2O2S. The summed E-state index contributed by atoms with van der Waals surface area (Å²) < 4.78 is 52.5. The lowest BCUT2D eigenvalue weighted by molar-refractivity contribution is 0.421. The van der Waals surface area contributed by atoms with Gasteiger partial charge in [-0.2, -0.15) is 4.31 Å². The van der Waals surface area contributed by atoms with Crippen molar-refractivity contribution in [3.63, 3.8) is 0 Å². The van der Waals surface area contributed by atoms with Crippen molar-refractivity contribution < 1.29 is 17.2 Å². The van der Waals surface area contributed by atoms with E-state index in [0.29, 0.717) is 6.42 Å². The van der Waals surface area contributed by atoms with Crippen LogP contribution in [0.4, 0.5) is 14.5 Å². The Balaban J connectivity index is 2.46.